The van der Waals surface area contributed by atoms with Crippen LogP contribution >= 0.6 is 0 Å². The number of likely N-dealkylation sites (tertiary alicyclic amines) is 1. The average Bonchev–Trinajstić information content (AvgIpc) is 2.77. The molecule has 2 rings (SSSR count). The van der Waals surface area contributed by atoms with Crippen molar-refractivity contribution in [3.8, 4) is 0 Å². The van der Waals surface area contributed by atoms with E-state index in [0.29, 0.717) is 12.6 Å². The lowest BCUT2D eigenvalue weighted by molar-refractivity contribution is 0.153. The van der Waals surface area contributed by atoms with Gasteiger partial charge in [0, 0.05) is 12.6 Å². The minimum absolute atomic E-state index is 0.299. The molecule has 0 bridgehead atoms. The number of nitrogens with zero attached hydrogens (tertiary/aromatic N) is 1. The predicted molar refractivity (Wildman–Crippen MR) is 66.3 cm³/mol. The van der Waals surface area contributed by atoms with Crippen molar-refractivity contribution in [2.24, 2.45) is 0 Å². The molecular weight excluding hydrogens is 198 g/mol. The summed E-state index contributed by atoms with van der Waals surface area (Å²) in [6.07, 6.45) is 3.46. The van der Waals surface area contributed by atoms with E-state index in [1.165, 1.54) is 17.5 Å². The minimum Gasteiger partial charge on any atom is -0.395 e. The monoisotopic (exact) mass is 219 g/mol. The molecule has 1 N–H and O–H groups in total. The normalized spacial score (nSPS) is 21.5. The zero-order valence-electron chi connectivity index (χ0n) is 10.0. The van der Waals surface area contributed by atoms with Gasteiger partial charge in [0.15, 0.2) is 0 Å². The molecule has 1 heterocycles. The van der Waals surface area contributed by atoms with Crippen molar-refractivity contribution in [1.82, 2.24) is 4.90 Å². The van der Waals surface area contributed by atoms with Crippen molar-refractivity contribution in [2.45, 2.75) is 38.8 Å². The first-order valence-electron chi connectivity index (χ1n) is 6.26. The van der Waals surface area contributed by atoms with Crippen LogP contribution in [0.1, 0.15) is 30.9 Å². The number of hydrogen-bond donors (Lipinski definition) is 1. The molecule has 1 fully saturated rings. The van der Waals surface area contributed by atoms with Crippen molar-refractivity contribution in [3.63, 3.8) is 0 Å². The summed E-state index contributed by atoms with van der Waals surface area (Å²) in [5.74, 6) is 0. The van der Waals surface area contributed by atoms with E-state index in [2.05, 4.69) is 36.1 Å². The molecule has 0 aliphatic carbocycles. The van der Waals surface area contributed by atoms with Crippen molar-refractivity contribution in [1.29, 1.82) is 0 Å². The summed E-state index contributed by atoms with van der Waals surface area (Å²) in [5, 5.41) is 9.25. The number of rotatable bonds is 4. The maximum absolute atomic E-state index is 9.25. The molecule has 1 atom stereocenters. The molecule has 1 aliphatic heterocycles. The molecule has 2 nitrogen and oxygen atoms in total. The fourth-order valence-electron chi connectivity index (χ4n) is 2.42. The maximum Gasteiger partial charge on any atom is 0.0587 e. The van der Waals surface area contributed by atoms with Crippen LogP contribution in [-0.2, 0) is 13.0 Å². The first-order valence-corrected chi connectivity index (χ1v) is 6.26. The van der Waals surface area contributed by atoms with Crippen molar-refractivity contribution in [3.05, 3.63) is 35.4 Å². The van der Waals surface area contributed by atoms with Crippen molar-refractivity contribution >= 4 is 0 Å². The van der Waals surface area contributed by atoms with Gasteiger partial charge >= 0.3 is 0 Å². The van der Waals surface area contributed by atoms with Crippen LogP contribution in [0.4, 0.5) is 0 Å². The number of benzene rings is 1. The van der Waals surface area contributed by atoms with E-state index in [9.17, 15) is 5.11 Å². The Kier molecular flexibility index (Phi) is 3.97. The quantitative estimate of drug-likeness (QED) is 0.839. The summed E-state index contributed by atoms with van der Waals surface area (Å²) in [4.78, 5) is 2.39. The Morgan fingerprint density at radius 2 is 1.94 bits per heavy atom. The molecule has 1 aromatic rings. The third-order valence-corrected chi connectivity index (χ3v) is 3.53. The fraction of sp³-hybridized carbons (Fsp3) is 0.571. The second kappa shape index (κ2) is 5.46. The van der Waals surface area contributed by atoms with E-state index in [-0.39, 0.29) is 0 Å². The van der Waals surface area contributed by atoms with Crippen LogP contribution in [0.15, 0.2) is 24.3 Å². The Morgan fingerprint density at radius 3 is 2.56 bits per heavy atom. The van der Waals surface area contributed by atoms with E-state index >= 15 is 0 Å². The van der Waals surface area contributed by atoms with E-state index in [4.69, 9.17) is 0 Å². The number of hydrogen-bond acceptors (Lipinski definition) is 2. The lowest BCUT2D eigenvalue weighted by Gasteiger charge is -2.22. The van der Waals surface area contributed by atoms with Crippen LogP contribution in [-0.4, -0.2) is 29.2 Å². The fourth-order valence-corrected chi connectivity index (χ4v) is 2.42. The summed E-state index contributed by atoms with van der Waals surface area (Å²) >= 11 is 0. The minimum atomic E-state index is 0.299. The Bertz CT molecular complexity index is 320. The summed E-state index contributed by atoms with van der Waals surface area (Å²) in [7, 11) is 0. The van der Waals surface area contributed by atoms with Crippen LogP contribution in [0.2, 0.25) is 0 Å². The van der Waals surface area contributed by atoms with E-state index in [1.54, 1.807) is 0 Å². The second-order valence-corrected chi connectivity index (χ2v) is 4.62. The first kappa shape index (κ1) is 11.6. The molecule has 0 amide bonds. The smallest absolute Gasteiger partial charge is 0.0587 e. The molecule has 0 unspecified atom stereocenters. The van der Waals surface area contributed by atoms with Crippen LogP contribution < -0.4 is 0 Å². The molecule has 1 saturated heterocycles. The topological polar surface area (TPSA) is 23.5 Å². The Labute approximate surface area is 97.9 Å². The summed E-state index contributed by atoms with van der Waals surface area (Å²) in [6, 6.07) is 9.22. The molecule has 1 aromatic carbocycles. The molecule has 0 aromatic heterocycles. The van der Waals surface area contributed by atoms with Crippen LogP contribution in [0, 0.1) is 0 Å². The van der Waals surface area contributed by atoms with Crippen LogP contribution in [0.3, 0.4) is 0 Å². The lowest BCUT2D eigenvalue weighted by atomic mass is 10.1. The molecular formula is C14H21NO. The zero-order chi connectivity index (χ0) is 11.4. The Balaban J connectivity index is 1.97. The maximum atomic E-state index is 9.25. The third kappa shape index (κ3) is 2.63. The molecule has 0 spiro atoms. The number of aryl methyl sites for hydroxylation is 1. The van der Waals surface area contributed by atoms with E-state index in [1.807, 2.05) is 0 Å². The second-order valence-electron chi connectivity index (χ2n) is 4.62. The highest BCUT2D eigenvalue weighted by Crippen LogP contribution is 2.19. The van der Waals surface area contributed by atoms with Crippen LogP contribution in [0.25, 0.3) is 0 Å². The van der Waals surface area contributed by atoms with Crippen molar-refractivity contribution in [2.75, 3.05) is 13.2 Å². The van der Waals surface area contributed by atoms with Gasteiger partial charge in [0.2, 0.25) is 0 Å². The highest BCUT2D eigenvalue weighted by atomic mass is 16.3. The van der Waals surface area contributed by atoms with E-state index in [0.717, 1.165) is 25.9 Å². The van der Waals surface area contributed by atoms with Gasteiger partial charge in [-0.05, 0) is 36.9 Å². The van der Waals surface area contributed by atoms with Gasteiger partial charge in [-0.1, -0.05) is 31.2 Å². The van der Waals surface area contributed by atoms with Gasteiger partial charge in [0.05, 0.1) is 6.61 Å². The third-order valence-electron chi connectivity index (χ3n) is 3.53. The molecule has 0 saturated carbocycles. The Hall–Kier alpha value is -0.860. The summed E-state index contributed by atoms with van der Waals surface area (Å²) in [6.45, 7) is 4.58. The zero-order valence-corrected chi connectivity index (χ0v) is 10.0. The van der Waals surface area contributed by atoms with Gasteiger partial charge in [-0.15, -0.1) is 0 Å². The molecule has 1 aliphatic rings. The van der Waals surface area contributed by atoms with Crippen molar-refractivity contribution < 1.29 is 5.11 Å². The van der Waals surface area contributed by atoms with Crippen LogP contribution in [0.5, 0.6) is 0 Å². The van der Waals surface area contributed by atoms with Gasteiger partial charge in [-0.2, -0.15) is 0 Å². The van der Waals surface area contributed by atoms with Gasteiger partial charge in [0.1, 0.15) is 0 Å². The molecule has 88 valence electrons. The Morgan fingerprint density at radius 1 is 1.25 bits per heavy atom. The SMILES string of the molecule is CCc1ccc(CN2CCC[C@H]2CO)cc1. The lowest BCUT2D eigenvalue weighted by Crippen LogP contribution is -2.31. The summed E-state index contributed by atoms with van der Waals surface area (Å²) < 4.78 is 0. The average molecular weight is 219 g/mol. The van der Waals surface area contributed by atoms with Gasteiger partial charge in [0.25, 0.3) is 0 Å². The van der Waals surface area contributed by atoms with Gasteiger partial charge in [-0.25, -0.2) is 0 Å². The first-order chi connectivity index (χ1) is 7.83. The predicted octanol–water partition coefficient (Wildman–Crippen LogP) is 2.21. The molecule has 16 heavy (non-hydrogen) atoms. The van der Waals surface area contributed by atoms with E-state index < -0.39 is 0 Å². The molecule has 2 heteroatoms. The standard InChI is InChI=1S/C14H21NO/c1-2-12-5-7-13(8-6-12)10-15-9-3-4-14(15)11-16/h5-8,14,16H,2-4,9-11H2,1H3/t14-/m0/s1. The number of aliphatic hydroxyl groups excluding tert-OH is 1. The number of aliphatic hydroxyl groups is 1. The highest BCUT2D eigenvalue weighted by Gasteiger charge is 2.23. The largest absolute Gasteiger partial charge is 0.395 e. The van der Waals surface area contributed by atoms with Gasteiger partial charge < -0.3 is 5.11 Å². The highest BCUT2D eigenvalue weighted by molar-refractivity contribution is 5.22. The van der Waals surface area contributed by atoms with Gasteiger partial charge in [-0.3, -0.25) is 4.90 Å². The molecule has 0 radical (unpaired) electrons. The summed E-state index contributed by atoms with van der Waals surface area (Å²) in [5.41, 5.74) is 2.75.